The van der Waals surface area contributed by atoms with Crippen molar-refractivity contribution in [2.45, 2.75) is 18.5 Å². The van der Waals surface area contributed by atoms with Crippen molar-refractivity contribution in [3.05, 3.63) is 29.8 Å². The fourth-order valence-corrected chi connectivity index (χ4v) is 1.97. The van der Waals surface area contributed by atoms with E-state index in [1.165, 1.54) is 0 Å². The number of hydrogen-bond donors (Lipinski definition) is 2. The molecule has 3 heteroatoms. The standard InChI is InChI=1S/C11H14FNO/c12-10-7-13-6-5-8(10)9-3-1-2-4-11(9)14/h1-4,8,10,13-14H,5-7H2/t8-,10+/m0/s1. The van der Waals surface area contributed by atoms with Gasteiger partial charge in [0.25, 0.3) is 0 Å². The van der Waals surface area contributed by atoms with Crippen LogP contribution in [-0.2, 0) is 0 Å². The molecule has 1 aromatic rings. The summed E-state index contributed by atoms with van der Waals surface area (Å²) >= 11 is 0. The van der Waals surface area contributed by atoms with Gasteiger partial charge in [-0.05, 0) is 24.6 Å². The Kier molecular flexibility index (Phi) is 2.68. The van der Waals surface area contributed by atoms with E-state index < -0.39 is 6.17 Å². The third-order valence-electron chi connectivity index (χ3n) is 2.74. The molecule has 2 rings (SSSR count). The molecule has 0 unspecified atom stereocenters. The van der Waals surface area contributed by atoms with E-state index in [9.17, 15) is 9.50 Å². The monoisotopic (exact) mass is 195 g/mol. The van der Waals surface area contributed by atoms with Crippen molar-refractivity contribution >= 4 is 0 Å². The Labute approximate surface area is 82.8 Å². The maximum absolute atomic E-state index is 13.5. The smallest absolute Gasteiger partial charge is 0.119 e. The van der Waals surface area contributed by atoms with Crippen LogP contribution in [0.2, 0.25) is 0 Å². The molecule has 0 saturated carbocycles. The zero-order valence-electron chi connectivity index (χ0n) is 7.91. The lowest BCUT2D eigenvalue weighted by Gasteiger charge is -2.27. The highest BCUT2D eigenvalue weighted by molar-refractivity contribution is 5.36. The molecule has 1 heterocycles. The van der Waals surface area contributed by atoms with Crippen molar-refractivity contribution in [1.29, 1.82) is 0 Å². The number of hydrogen-bond acceptors (Lipinski definition) is 2. The molecule has 1 saturated heterocycles. The average Bonchev–Trinajstić information content (AvgIpc) is 2.20. The third kappa shape index (κ3) is 1.73. The summed E-state index contributed by atoms with van der Waals surface area (Å²) in [6.45, 7) is 1.21. The van der Waals surface area contributed by atoms with Crippen LogP contribution in [0.4, 0.5) is 4.39 Å². The van der Waals surface area contributed by atoms with Crippen LogP contribution in [0.5, 0.6) is 5.75 Å². The van der Waals surface area contributed by atoms with Crippen LogP contribution in [0.25, 0.3) is 0 Å². The minimum absolute atomic E-state index is 0.155. The van der Waals surface area contributed by atoms with Gasteiger partial charge in [-0.1, -0.05) is 18.2 Å². The fourth-order valence-electron chi connectivity index (χ4n) is 1.97. The van der Waals surface area contributed by atoms with Gasteiger partial charge in [0.15, 0.2) is 0 Å². The molecule has 1 aliphatic heterocycles. The summed E-state index contributed by atoms with van der Waals surface area (Å²) in [5.74, 6) is 0.0551. The van der Waals surface area contributed by atoms with Crippen LogP contribution in [-0.4, -0.2) is 24.4 Å². The van der Waals surface area contributed by atoms with Gasteiger partial charge >= 0.3 is 0 Å². The summed E-state index contributed by atoms with van der Waals surface area (Å²) in [6, 6.07) is 7.01. The van der Waals surface area contributed by atoms with Crippen molar-refractivity contribution in [3.8, 4) is 5.75 Å². The number of alkyl halides is 1. The first-order chi connectivity index (χ1) is 6.79. The molecular formula is C11H14FNO. The number of para-hydroxylation sites is 1. The molecule has 1 aromatic carbocycles. The Hall–Kier alpha value is -1.09. The average molecular weight is 195 g/mol. The summed E-state index contributed by atoms with van der Waals surface area (Å²) in [5.41, 5.74) is 0.738. The van der Waals surface area contributed by atoms with Crippen LogP contribution >= 0.6 is 0 Å². The van der Waals surface area contributed by atoms with Crippen LogP contribution in [0.3, 0.4) is 0 Å². The first kappa shape index (κ1) is 9.46. The van der Waals surface area contributed by atoms with E-state index in [1.807, 2.05) is 6.07 Å². The van der Waals surface area contributed by atoms with Gasteiger partial charge in [-0.15, -0.1) is 0 Å². The second-order valence-corrected chi connectivity index (χ2v) is 3.67. The minimum atomic E-state index is -0.892. The summed E-state index contributed by atoms with van der Waals surface area (Å²) < 4.78 is 13.5. The third-order valence-corrected chi connectivity index (χ3v) is 2.74. The number of piperidine rings is 1. The molecule has 76 valence electrons. The minimum Gasteiger partial charge on any atom is -0.508 e. The molecule has 1 aliphatic rings. The number of phenols is 1. The van der Waals surface area contributed by atoms with Crippen LogP contribution < -0.4 is 5.32 Å². The van der Waals surface area contributed by atoms with Crippen molar-refractivity contribution in [2.75, 3.05) is 13.1 Å². The number of halogens is 1. The first-order valence-corrected chi connectivity index (χ1v) is 4.91. The Morgan fingerprint density at radius 2 is 2.14 bits per heavy atom. The Morgan fingerprint density at radius 3 is 2.86 bits per heavy atom. The quantitative estimate of drug-likeness (QED) is 0.716. The predicted octanol–water partition coefficient (Wildman–Crippen LogP) is 1.81. The van der Waals surface area contributed by atoms with E-state index >= 15 is 0 Å². The van der Waals surface area contributed by atoms with Crippen LogP contribution in [0, 0.1) is 0 Å². The molecule has 2 N–H and O–H groups in total. The van der Waals surface area contributed by atoms with Gasteiger partial charge in [0.05, 0.1) is 0 Å². The van der Waals surface area contributed by atoms with E-state index in [0.717, 1.165) is 18.5 Å². The van der Waals surface area contributed by atoms with Crippen molar-refractivity contribution in [1.82, 2.24) is 5.32 Å². The summed E-state index contributed by atoms with van der Waals surface area (Å²) in [4.78, 5) is 0. The van der Waals surface area contributed by atoms with E-state index in [-0.39, 0.29) is 11.7 Å². The van der Waals surface area contributed by atoms with Crippen LogP contribution in [0.1, 0.15) is 17.9 Å². The number of rotatable bonds is 1. The second kappa shape index (κ2) is 3.96. The molecule has 14 heavy (non-hydrogen) atoms. The summed E-state index contributed by atoms with van der Waals surface area (Å²) in [7, 11) is 0. The van der Waals surface area contributed by atoms with Crippen molar-refractivity contribution in [2.24, 2.45) is 0 Å². The van der Waals surface area contributed by atoms with Gasteiger partial charge in [0.1, 0.15) is 11.9 Å². The van der Waals surface area contributed by atoms with Crippen molar-refractivity contribution in [3.63, 3.8) is 0 Å². The molecule has 2 nitrogen and oxygen atoms in total. The Balaban J connectivity index is 2.25. The van der Waals surface area contributed by atoms with E-state index in [0.29, 0.717) is 6.54 Å². The van der Waals surface area contributed by atoms with E-state index in [2.05, 4.69) is 5.32 Å². The highest BCUT2D eigenvalue weighted by Crippen LogP contribution is 2.33. The Morgan fingerprint density at radius 1 is 1.36 bits per heavy atom. The summed E-state index contributed by atoms with van der Waals surface area (Å²) in [6.07, 6.45) is -0.143. The lowest BCUT2D eigenvalue weighted by molar-refractivity contribution is 0.228. The molecule has 2 atom stereocenters. The van der Waals surface area contributed by atoms with Gasteiger partial charge in [-0.3, -0.25) is 0 Å². The van der Waals surface area contributed by atoms with Crippen molar-refractivity contribution < 1.29 is 9.50 Å². The summed E-state index contributed by atoms with van der Waals surface area (Å²) in [5, 5.41) is 12.6. The largest absolute Gasteiger partial charge is 0.508 e. The maximum atomic E-state index is 13.5. The molecule has 0 spiro atoms. The lowest BCUT2D eigenvalue weighted by atomic mass is 9.88. The van der Waals surface area contributed by atoms with E-state index in [4.69, 9.17) is 0 Å². The molecule has 0 radical (unpaired) electrons. The Bertz CT molecular complexity index is 316. The zero-order valence-corrected chi connectivity index (χ0v) is 7.91. The number of benzene rings is 1. The van der Waals surface area contributed by atoms with E-state index in [1.54, 1.807) is 18.2 Å². The SMILES string of the molecule is Oc1ccccc1[C@@H]1CCNC[C@H]1F. The molecule has 0 aromatic heterocycles. The van der Waals surface area contributed by atoms with Gasteiger partial charge in [0, 0.05) is 12.5 Å². The zero-order chi connectivity index (χ0) is 9.97. The maximum Gasteiger partial charge on any atom is 0.119 e. The highest BCUT2D eigenvalue weighted by atomic mass is 19.1. The second-order valence-electron chi connectivity index (χ2n) is 3.67. The highest BCUT2D eigenvalue weighted by Gasteiger charge is 2.27. The molecule has 0 aliphatic carbocycles. The number of phenolic OH excluding ortho intramolecular Hbond substituents is 1. The molecular weight excluding hydrogens is 181 g/mol. The number of aromatic hydroxyl groups is 1. The fraction of sp³-hybridized carbons (Fsp3) is 0.455. The molecule has 0 bridgehead atoms. The van der Waals surface area contributed by atoms with Gasteiger partial charge < -0.3 is 10.4 Å². The molecule has 0 amide bonds. The number of nitrogens with one attached hydrogen (secondary N) is 1. The van der Waals surface area contributed by atoms with Gasteiger partial charge in [0.2, 0.25) is 0 Å². The normalized spacial score (nSPS) is 27.5. The lowest BCUT2D eigenvalue weighted by Crippen LogP contribution is -2.36. The topological polar surface area (TPSA) is 32.3 Å². The van der Waals surface area contributed by atoms with Crippen LogP contribution in [0.15, 0.2) is 24.3 Å². The van der Waals surface area contributed by atoms with Gasteiger partial charge in [-0.2, -0.15) is 0 Å². The first-order valence-electron chi connectivity index (χ1n) is 4.91. The molecule has 1 fully saturated rings. The van der Waals surface area contributed by atoms with Gasteiger partial charge in [-0.25, -0.2) is 4.39 Å². The predicted molar refractivity (Wildman–Crippen MR) is 53.2 cm³/mol.